The normalized spacial score (nSPS) is 23.2. The summed E-state index contributed by atoms with van der Waals surface area (Å²) in [5.74, 6) is -0.990. The van der Waals surface area contributed by atoms with Crippen LogP contribution in [0.15, 0.2) is 18.2 Å². The van der Waals surface area contributed by atoms with Crippen LogP contribution in [0, 0.1) is 5.82 Å². The molecule has 2 unspecified atom stereocenters. The zero-order valence-electron chi connectivity index (χ0n) is 10.1. The molecular weight excluding hydrogens is 255 g/mol. The fourth-order valence-corrected chi connectivity index (χ4v) is 3.18. The molecule has 2 rings (SSSR count). The summed E-state index contributed by atoms with van der Waals surface area (Å²) in [6, 6.07) is 3.95. The van der Waals surface area contributed by atoms with E-state index in [1.165, 1.54) is 12.1 Å². The monoisotopic (exact) mass is 270 g/mol. The Morgan fingerprint density at radius 2 is 2.33 bits per heavy atom. The number of halogens is 1. The highest BCUT2D eigenvalue weighted by Crippen LogP contribution is 2.29. The molecule has 1 N–H and O–H groups in total. The van der Waals surface area contributed by atoms with Crippen LogP contribution in [-0.4, -0.2) is 29.0 Å². The van der Waals surface area contributed by atoms with Crippen molar-refractivity contribution in [3.05, 3.63) is 35.1 Å². The van der Waals surface area contributed by atoms with Crippen molar-refractivity contribution in [3.63, 3.8) is 0 Å². The van der Waals surface area contributed by atoms with Gasteiger partial charge in [-0.05, 0) is 37.1 Å². The first-order chi connectivity index (χ1) is 8.56. The summed E-state index contributed by atoms with van der Waals surface area (Å²) in [5.41, 5.74) is 0.706. The minimum atomic E-state index is -1.10. The number of ether oxygens (including phenoxy) is 1. The summed E-state index contributed by atoms with van der Waals surface area (Å²) >= 11 is 1.69. The Hall–Kier alpha value is -1.07. The third-order valence-electron chi connectivity index (χ3n) is 2.98. The third-order valence-corrected chi connectivity index (χ3v) is 4.52. The van der Waals surface area contributed by atoms with Crippen molar-refractivity contribution < 1.29 is 19.0 Å². The van der Waals surface area contributed by atoms with E-state index >= 15 is 0 Å². The highest BCUT2D eigenvalue weighted by molar-refractivity contribution is 7.99. The molecule has 1 saturated heterocycles. The fourth-order valence-electron chi connectivity index (χ4n) is 1.99. The minimum Gasteiger partial charge on any atom is -0.478 e. The maximum Gasteiger partial charge on any atom is 0.335 e. The zero-order chi connectivity index (χ0) is 13.1. The highest BCUT2D eigenvalue weighted by Gasteiger charge is 2.24. The molecule has 98 valence electrons. The molecule has 0 aliphatic carbocycles. The predicted octanol–water partition coefficient (Wildman–Crippen LogP) is 2.93. The van der Waals surface area contributed by atoms with Gasteiger partial charge < -0.3 is 9.84 Å². The standard InChI is InChI=1S/C13H15FO3S/c1-8-12(2-3-17-8)18-7-9-4-10(13(15)16)6-11(14)5-9/h4-6,8,12H,2-3,7H2,1H3,(H,15,16). The van der Waals surface area contributed by atoms with Gasteiger partial charge in [-0.15, -0.1) is 0 Å². The molecule has 0 spiro atoms. The Morgan fingerprint density at radius 1 is 1.56 bits per heavy atom. The summed E-state index contributed by atoms with van der Waals surface area (Å²) in [6.07, 6.45) is 1.20. The van der Waals surface area contributed by atoms with Crippen LogP contribution < -0.4 is 0 Å². The lowest BCUT2D eigenvalue weighted by Crippen LogP contribution is -2.13. The largest absolute Gasteiger partial charge is 0.478 e. The van der Waals surface area contributed by atoms with Crippen LogP contribution in [0.25, 0.3) is 0 Å². The Kier molecular flexibility index (Phi) is 4.24. The lowest BCUT2D eigenvalue weighted by Gasteiger charge is -2.13. The minimum absolute atomic E-state index is 0.00122. The number of carbonyl (C=O) groups is 1. The van der Waals surface area contributed by atoms with Gasteiger partial charge in [0.1, 0.15) is 5.82 Å². The van der Waals surface area contributed by atoms with Crippen LogP contribution in [-0.2, 0) is 10.5 Å². The Balaban J connectivity index is 2.02. The summed E-state index contributed by atoms with van der Waals surface area (Å²) < 4.78 is 18.7. The molecule has 0 amide bonds. The summed E-state index contributed by atoms with van der Waals surface area (Å²) in [5, 5.41) is 9.27. The Morgan fingerprint density at radius 3 is 2.94 bits per heavy atom. The van der Waals surface area contributed by atoms with Gasteiger partial charge in [-0.2, -0.15) is 11.8 Å². The van der Waals surface area contributed by atoms with Gasteiger partial charge in [0.05, 0.1) is 11.7 Å². The van der Waals surface area contributed by atoms with Crippen molar-refractivity contribution in [2.75, 3.05) is 6.61 Å². The lowest BCUT2D eigenvalue weighted by molar-refractivity contribution is 0.0696. The number of carboxylic acid groups (broad SMARTS) is 1. The highest BCUT2D eigenvalue weighted by atomic mass is 32.2. The average molecular weight is 270 g/mol. The van der Waals surface area contributed by atoms with Crippen molar-refractivity contribution in [1.82, 2.24) is 0 Å². The van der Waals surface area contributed by atoms with Gasteiger partial charge in [0.25, 0.3) is 0 Å². The van der Waals surface area contributed by atoms with Gasteiger partial charge in [-0.1, -0.05) is 0 Å². The molecule has 5 heteroatoms. The topological polar surface area (TPSA) is 46.5 Å². The van der Waals surface area contributed by atoms with E-state index in [0.29, 0.717) is 16.6 Å². The van der Waals surface area contributed by atoms with E-state index < -0.39 is 11.8 Å². The molecule has 1 aliphatic rings. The molecule has 0 radical (unpaired) electrons. The summed E-state index contributed by atoms with van der Waals surface area (Å²) in [6.45, 7) is 2.79. The number of aromatic carboxylic acids is 1. The van der Waals surface area contributed by atoms with E-state index in [4.69, 9.17) is 9.84 Å². The molecule has 18 heavy (non-hydrogen) atoms. The lowest BCUT2D eigenvalue weighted by atomic mass is 10.1. The van der Waals surface area contributed by atoms with Crippen LogP contribution in [0.5, 0.6) is 0 Å². The van der Waals surface area contributed by atoms with E-state index in [-0.39, 0.29) is 11.7 Å². The Bertz CT molecular complexity index is 450. The van der Waals surface area contributed by atoms with Gasteiger partial charge in [0, 0.05) is 17.6 Å². The summed E-state index contributed by atoms with van der Waals surface area (Å²) in [7, 11) is 0. The second kappa shape index (κ2) is 5.71. The van der Waals surface area contributed by atoms with Gasteiger partial charge in [0.15, 0.2) is 0 Å². The first-order valence-electron chi connectivity index (χ1n) is 5.82. The van der Waals surface area contributed by atoms with Crippen LogP contribution in [0.3, 0.4) is 0 Å². The zero-order valence-corrected chi connectivity index (χ0v) is 10.9. The number of carboxylic acids is 1. The molecule has 1 aromatic carbocycles. The predicted molar refractivity (Wildman–Crippen MR) is 68.5 cm³/mol. The number of benzene rings is 1. The van der Waals surface area contributed by atoms with Crippen molar-refractivity contribution in [2.45, 2.75) is 30.5 Å². The SMILES string of the molecule is CC1OCCC1SCc1cc(F)cc(C(=O)O)c1. The maximum atomic E-state index is 13.3. The van der Waals surface area contributed by atoms with Gasteiger partial charge in [-0.3, -0.25) is 0 Å². The molecule has 1 heterocycles. The number of thioether (sulfide) groups is 1. The summed E-state index contributed by atoms with van der Waals surface area (Å²) in [4.78, 5) is 10.8. The molecule has 0 saturated carbocycles. The first-order valence-corrected chi connectivity index (χ1v) is 6.87. The molecule has 1 aliphatic heterocycles. The van der Waals surface area contributed by atoms with Crippen molar-refractivity contribution in [1.29, 1.82) is 0 Å². The smallest absolute Gasteiger partial charge is 0.335 e. The molecule has 3 nitrogen and oxygen atoms in total. The van der Waals surface area contributed by atoms with Gasteiger partial charge >= 0.3 is 5.97 Å². The third kappa shape index (κ3) is 3.23. The van der Waals surface area contributed by atoms with E-state index in [9.17, 15) is 9.18 Å². The molecule has 1 aromatic rings. The number of hydrogen-bond acceptors (Lipinski definition) is 3. The van der Waals surface area contributed by atoms with E-state index in [2.05, 4.69) is 0 Å². The van der Waals surface area contributed by atoms with Crippen LogP contribution in [0.2, 0.25) is 0 Å². The fraction of sp³-hybridized carbons (Fsp3) is 0.462. The second-order valence-corrected chi connectivity index (χ2v) is 5.59. The quantitative estimate of drug-likeness (QED) is 0.913. The molecular formula is C13H15FO3S. The van der Waals surface area contributed by atoms with Crippen LogP contribution >= 0.6 is 11.8 Å². The van der Waals surface area contributed by atoms with Crippen LogP contribution in [0.1, 0.15) is 29.3 Å². The second-order valence-electron chi connectivity index (χ2n) is 4.37. The van der Waals surface area contributed by atoms with Gasteiger partial charge in [0.2, 0.25) is 0 Å². The van der Waals surface area contributed by atoms with Gasteiger partial charge in [-0.25, -0.2) is 9.18 Å². The Labute approximate surface area is 109 Å². The molecule has 1 fully saturated rings. The molecule has 2 atom stereocenters. The molecule has 0 bridgehead atoms. The van der Waals surface area contributed by atoms with E-state index in [0.717, 1.165) is 19.1 Å². The van der Waals surface area contributed by atoms with E-state index in [1.54, 1.807) is 11.8 Å². The van der Waals surface area contributed by atoms with Crippen molar-refractivity contribution in [2.24, 2.45) is 0 Å². The average Bonchev–Trinajstić information content (AvgIpc) is 2.71. The first kappa shape index (κ1) is 13.4. The van der Waals surface area contributed by atoms with Crippen LogP contribution in [0.4, 0.5) is 4.39 Å². The number of rotatable bonds is 4. The maximum absolute atomic E-state index is 13.3. The van der Waals surface area contributed by atoms with E-state index in [1.807, 2.05) is 6.92 Å². The van der Waals surface area contributed by atoms with Crippen molar-refractivity contribution >= 4 is 17.7 Å². The van der Waals surface area contributed by atoms with Crippen molar-refractivity contribution in [3.8, 4) is 0 Å². The number of hydrogen-bond donors (Lipinski definition) is 1. The molecule has 0 aromatic heterocycles.